The summed E-state index contributed by atoms with van der Waals surface area (Å²) >= 11 is 0. The van der Waals surface area contributed by atoms with Crippen LogP contribution in [0.25, 0.3) is 0 Å². The Balaban J connectivity index is 1.28. The Morgan fingerprint density at radius 1 is 1.04 bits per heavy atom. The minimum atomic E-state index is -0.282. The summed E-state index contributed by atoms with van der Waals surface area (Å²) in [5, 5.41) is 2.99. The molecule has 1 spiro atoms. The molecule has 0 bridgehead atoms. The van der Waals surface area contributed by atoms with Crippen LogP contribution in [0.15, 0.2) is 24.3 Å². The Kier molecular flexibility index (Phi) is 5.58. The van der Waals surface area contributed by atoms with E-state index in [0.29, 0.717) is 13.1 Å². The van der Waals surface area contributed by atoms with Crippen LogP contribution in [0, 0.1) is 0 Å². The van der Waals surface area contributed by atoms with Gasteiger partial charge in [0.1, 0.15) is 6.10 Å². The molecule has 0 aliphatic carbocycles. The lowest BCUT2D eigenvalue weighted by molar-refractivity contribution is -0.149. The second-order valence-corrected chi connectivity index (χ2v) is 8.33. The van der Waals surface area contributed by atoms with E-state index in [9.17, 15) is 9.59 Å². The van der Waals surface area contributed by atoms with Gasteiger partial charge in [-0.15, -0.1) is 0 Å². The lowest BCUT2D eigenvalue weighted by atomic mass is 9.88. The Hall–Kier alpha value is -2.08. The molecule has 28 heavy (non-hydrogen) atoms. The van der Waals surface area contributed by atoms with Gasteiger partial charge in [-0.3, -0.25) is 4.79 Å². The van der Waals surface area contributed by atoms with Crippen LogP contribution in [0.5, 0.6) is 0 Å². The minimum Gasteiger partial charge on any atom is -0.362 e. The van der Waals surface area contributed by atoms with Crippen LogP contribution >= 0.6 is 0 Å². The van der Waals surface area contributed by atoms with E-state index in [4.69, 9.17) is 4.74 Å². The first-order valence-electron chi connectivity index (χ1n) is 10.7. The maximum atomic E-state index is 12.6. The molecule has 6 heteroatoms. The predicted molar refractivity (Wildman–Crippen MR) is 108 cm³/mol. The standard InChI is InChI=1S/C22H31N3O3/c1-2-17-5-7-18(8-6-17)23-21(27)25-15-11-22(12-16-25)10-9-19(28-22)20(26)24-13-3-4-14-24/h5-8,19H,2-4,9-16H2,1H3,(H,23,27)/t19-/m1/s1. The van der Waals surface area contributed by atoms with Gasteiger partial charge in [0.25, 0.3) is 5.91 Å². The summed E-state index contributed by atoms with van der Waals surface area (Å²) in [5.74, 6) is 0.171. The van der Waals surface area contributed by atoms with E-state index in [0.717, 1.165) is 63.7 Å². The minimum absolute atomic E-state index is 0.0539. The summed E-state index contributed by atoms with van der Waals surface area (Å²) in [4.78, 5) is 29.0. The van der Waals surface area contributed by atoms with Crippen LogP contribution in [0.4, 0.5) is 10.5 Å². The highest BCUT2D eigenvalue weighted by atomic mass is 16.5. The summed E-state index contributed by atoms with van der Waals surface area (Å²) < 4.78 is 6.29. The van der Waals surface area contributed by atoms with Crippen molar-refractivity contribution in [1.29, 1.82) is 0 Å². The molecule has 4 rings (SSSR count). The molecule has 3 aliphatic rings. The number of anilines is 1. The van der Waals surface area contributed by atoms with Crippen LogP contribution in [0.2, 0.25) is 0 Å². The number of nitrogens with zero attached hydrogens (tertiary/aromatic N) is 2. The first-order chi connectivity index (χ1) is 13.6. The van der Waals surface area contributed by atoms with Gasteiger partial charge in [0.15, 0.2) is 0 Å². The highest BCUT2D eigenvalue weighted by Crippen LogP contribution is 2.39. The van der Waals surface area contributed by atoms with Crippen LogP contribution in [-0.4, -0.2) is 59.6 Å². The van der Waals surface area contributed by atoms with Crippen molar-refractivity contribution in [2.75, 3.05) is 31.5 Å². The molecule has 0 radical (unpaired) electrons. The first-order valence-corrected chi connectivity index (χ1v) is 10.7. The molecule has 0 saturated carbocycles. The third kappa shape index (κ3) is 4.02. The summed E-state index contributed by atoms with van der Waals surface area (Å²) in [6, 6.07) is 7.95. The molecular weight excluding hydrogens is 354 g/mol. The topological polar surface area (TPSA) is 61.9 Å². The zero-order chi connectivity index (χ0) is 19.6. The van der Waals surface area contributed by atoms with Crippen LogP contribution in [0.1, 0.15) is 51.0 Å². The van der Waals surface area contributed by atoms with E-state index in [-0.39, 0.29) is 23.6 Å². The maximum Gasteiger partial charge on any atom is 0.321 e. The molecule has 1 N–H and O–H groups in total. The number of rotatable bonds is 3. The molecule has 0 unspecified atom stereocenters. The van der Waals surface area contributed by atoms with Crippen molar-refractivity contribution in [3.63, 3.8) is 0 Å². The van der Waals surface area contributed by atoms with Gasteiger partial charge in [-0.25, -0.2) is 4.79 Å². The van der Waals surface area contributed by atoms with E-state index < -0.39 is 0 Å². The lowest BCUT2D eigenvalue weighted by Crippen LogP contribution is -2.48. The molecule has 3 fully saturated rings. The van der Waals surface area contributed by atoms with E-state index in [1.54, 1.807) is 0 Å². The summed E-state index contributed by atoms with van der Waals surface area (Å²) in [5.41, 5.74) is 1.87. The maximum absolute atomic E-state index is 12.6. The van der Waals surface area contributed by atoms with E-state index in [1.807, 2.05) is 34.1 Å². The fourth-order valence-corrected chi connectivity index (χ4v) is 4.64. The van der Waals surface area contributed by atoms with Crippen molar-refractivity contribution in [2.45, 2.75) is 63.6 Å². The number of benzene rings is 1. The van der Waals surface area contributed by atoms with Gasteiger partial charge in [0.05, 0.1) is 5.60 Å². The molecular formula is C22H31N3O3. The number of hydrogen-bond acceptors (Lipinski definition) is 3. The van der Waals surface area contributed by atoms with Gasteiger partial charge in [0, 0.05) is 31.9 Å². The van der Waals surface area contributed by atoms with E-state index in [1.165, 1.54) is 5.56 Å². The smallest absolute Gasteiger partial charge is 0.321 e. The Bertz CT molecular complexity index is 704. The average Bonchev–Trinajstić information content (AvgIpc) is 3.39. The number of likely N-dealkylation sites (tertiary alicyclic amines) is 2. The highest BCUT2D eigenvalue weighted by molar-refractivity contribution is 5.89. The van der Waals surface area contributed by atoms with Crippen molar-refractivity contribution in [1.82, 2.24) is 9.80 Å². The zero-order valence-electron chi connectivity index (χ0n) is 16.8. The third-order valence-electron chi connectivity index (χ3n) is 6.52. The zero-order valence-corrected chi connectivity index (χ0v) is 16.8. The lowest BCUT2D eigenvalue weighted by Gasteiger charge is -2.39. The SMILES string of the molecule is CCc1ccc(NC(=O)N2CCC3(CC[C@H](C(=O)N4CCCC4)O3)CC2)cc1. The second-order valence-electron chi connectivity index (χ2n) is 8.33. The Labute approximate surface area is 167 Å². The quantitative estimate of drug-likeness (QED) is 0.867. The first kappa shape index (κ1) is 19.2. The molecule has 0 aromatic heterocycles. The summed E-state index contributed by atoms with van der Waals surface area (Å²) in [6.45, 7) is 5.20. The number of urea groups is 1. The van der Waals surface area contributed by atoms with Crippen molar-refractivity contribution in [2.24, 2.45) is 0 Å². The van der Waals surface area contributed by atoms with Gasteiger partial charge in [-0.1, -0.05) is 19.1 Å². The van der Waals surface area contributed by atoms with Gasteiger partial charge in [-0.05, 0) is 62.6 Å². The predicted octanol–water partition coefficient (Wildman–Crippen LogP) is 3.42. The van der Waals surface area contributed by atoms with Crippen LogP contribution in [-0.2, 0) is 16.0 Å². The molecule has 1 atom stereocenters. The number of carbonyl (C=O) groups is 2. The highest BCUT2D eigenvalue weighted by Gasteiger charge is 2.46. The largest absolute Gasteiger partial charge is 0.362 e. The van der Waals surface area contributed by atoms with Gasteiger partial charge in [-0.2, -0.15) is 0 Å². The number of hydrogen-bond donors (Lipinski definition) is 1. The average molecular weight is 386 g/mol. The van der Waals surface area contributed by atoms with Gasteiger partial charge in [0.2, 0.25) is 0 Å². The van der Waals surface area contributed by atoms with Crippen molar-refractivity contribution in [3.8, 4) is 0 Å². The van der Waals surface area contributed by atoms with Crippen molar-refractivity contribution < 1.29 is 14.3 Å². The molecule has 152 valence electrons. The van der Waals surface area contributed by atoms with Crippen molar-refractivity contribution >= 4 is 17.6 Å². The Morgan fingerprint density at radius 3 is 2.36 bits per heavy atom. The summed E-state index contributed by atoms with van der Waals surface area (Å²) in [7, 11) is 0. The Morgan fingerprint density at radius 2 is 1.71 bits per heavy atom. The number of carbonyl (C=O) groups excluding carboxylic acids is 2. The second kappa shape index (κ2) is 8.11. The molecule has 3 heterocycles. The number of nitrogens with one attached hydrogen (secondary N) is 1. The number of ether oxygens (including phenoxy) is 1. The molecule has 3 aliphatic heterocycles. The van der Waals surface area contributed by atoms with Gasteiger partial charge < -0.3 is 19.9 Å². The third-order valence-corrected chi connectivity index (χ3v) is 6.52. The molecule has 1 aromatic carbocycles. The van der Waals surface area contributed by atoms with Crippen molar-refractivity contribution in [3.05, 3.63) is 29.8 Å². The number of piperidine rings is 1. The van der Waals surface area contributed by atoms with E-state index >= 15 is 0 Å². The summed E-state index contributed by atoms with van der Waals surface area (Å²) in [6.07, 6.45) is 6.26. The monoisotopic (exact) mass is 385 g/mol. The van der Waals surface area contributed by atoms with Crippen LogP contribution in [0.3, 0.4) is 0 Å². The van der Waals surface area contributed by atoms with Crippen LogP contribution < -0.4 is 5.32 Å². The fourth-order valence-electron chi connectivity index (χ4n) is 4.64. The molecule has 3 amide bonds. The number of amides is 3. The van der Waals surface area contributed by atoms with E-state index in [2.05, 4.69) is 12.2 Å². The van der Waals surface area contributed by atoms with Gasteiger partial charge >= 0.3 is 6.03 Å². The number of aryl methyl sites for hydroxylation is 1. The molecule has 1 aromatic rings. The fraction of sp³-hybridized carbons (Fsp3) is 0.636. The normalized spacial score (nSPS) is 24.0. The molecule has 3 saturated heterocycles. The molecule has 6 nitrogen and oxygen atoms in total.